The van der Waals surface area contributed by atoms with Crippen molar-refractivity contribution in [2.45, 2.75) is 19.3 Å². The lowest BCUT2D eigenvalue weighted by Gasteiger charge is -2.20. The number of hydrogen-bond donors (Lipinski definition) is 1. The SMILES string of the molecule is Cn1cc(CNC(=O)[C@H]2CN(Cc3ccccc3)C[C@H]2C(F)(F)F)cn1. The average molecular weight is 366 g/mol. The van der Waals surface area contributed by atoms with Crippen LogP contribution in [0.5, 0.6) is 0 Å². The standard InChI is InChI=1S/C18H21F3N4O/c1-24-9-14(8-23-24)7-22-17(26)15-11-25(12-16(15)18(19,20)21)10-13-5-3-2-4-6-13/h2-6,8-9,15-16H,7,10-12H2,1H3,(H,22,26)/t15-,16+/m0/s1. The summed E-state index contributed by atoms with van der Waals surface area (Å²) in [7, 11) is 1.74. The number of nitrogens with one attached hydrogen (secondary N) is 1. The van der Waals surface area contributed by atoms with Gasteiger partial charge in [0, 0.05) is 45.0 Å². The molecule has 0 unspecified atom stereocenters. The van der Waals surface area contributed by atoms with Gasteiger partial charge in [-0.3, -0.25) is 14.4 Å². The first-order valence-corrected chi connectivity index (χ1v) is 8.41. The second-order valence-corrected chi connectivity index (χ2v) is 6.67. The zero-order valence-corrected chi connectivity index (χ0v) is 14.4. The van der Waals surface area contributed by atoms with Crippen LogP contribution in [0.3, 0.4) is 0 Å². The number of aromatic nitrogens is 2. The topological polar surface area (TPSA) is 50.2 Å². The molecule has 0 radical (unpaired) electrons. The Morgan fingerprint density at radius 2 is 1.96 bits per heavy atom. The molecule has 1 fully saturated rings. The molecule has 1 aromatic carbocycles. The Balaban J connectivity index is 1.65. The molecule has 2 atom stereocenters. The van der Waals surface area contributed by atoms with Crippen molar-refractivity contribution in [2.24, 2.45) is 18.9 Å². The highest BCUT2D eigenvalue weighted by Gasteiger charge is 2.52. The van der Waals surface area contributed by atoms with Crippen LogP contribution in [0.2, 0.25) is 0 Å². The molecule has 2 heterocycles. The lowest BCUT2D eigenvalue weighted by atomic mass is 9.94. The van der Waals surface area contributed by atoms with Crippen molar-refractivity contribution in [3.63, 3.8) is 0 Å². The van der Waals surface area contributed by atoms with Crippen LogP contribution in [0.25, 0.3) is 0 Å². The number of aryl methyl sites for hydroxylation is 1. The predicted molar refractivity (Wildman–Crippen MR) is 89.8 cm³/mol. The summed E-state index contributed by atoms with van der Waals surface area (Å²) in [6, 6.07) is 9.31. The summed E-state index contributed by atoms with van der Waals surface area (Å²) in [5.74, 6) is -3.32. The number of alkyl halides is 3. The van der Waals surface area contributed by atoms with Crippen molar-refractivity contribution in [1.82, 2.24) is 20.0 Å². The van der Waals surface area contributed by atoms with Crippen molar-refractivity contribution in [3.8, 4) is 0 Å². The molecule has 0 saturated carbocycles. The van der Waals surface area contributed by atoms with Gasteiger partial charge >= 0.3 is 6.18 Å². The molecule has 2 aromatic rings. The zero-order chi connectivity index (χ0) is 18.7. The van der Waals surface area contributed by atoms with Crippen LogP contribution in [0.4, 0.5) is 13.2 Å². The minimum atomic E-state index is -4.40. The first kappa shape index (κ1) is 18.4. The molecule has 26 heavy (non-hydrogen) atoms. The van der Waals surface area contributed by atoms with Gasteiger partial charge < -0.3 is 5.32 Å². The van der Waals surface area contributed by atoms with E-state index >= 15 is 0 Å². The lowest BCUT2D eigenvalue weighted by Crippen LogP contribution is -2.39. The minimum absolute atomic E-state index is 0.0952. The Kier molecular flexibility index (Phi) is 5.31. The normalized spacial score (nSPS) is 21.1. The highest BCUT2D eigenvalue weighted by Crippen LogP contribution is 2.38. The maximum atomic E-state index is 13.4. The second-order valence-electron chi connectivity index (χ2n) is 6.67. The van der Waals surface area contributed by atoms with E-state index in [0.29, 0.717) is 6.54 Å². The number of benzene rings is 1. The van der Waals surface area contributed by atoms with Gasteiger partial charge in [0.05, 0.1) is 18.0 Å². The molecule has 1 aromatic heterocycles. The third kappa shape index (κ3) is 4.43. The number of rotatable bonds is 5. The van der Waals surface area contributed by atoms with Crippen molar-refractivity contribution in [1.29, 1.82) is 0 Å². The van der Waals surface area contributed by atoms with E-state index in [-0.39, 0.29) is 19.6 Å². The summed E-state index contributed by atoms with van der Waals surface area (Å²) < 4.78 is 41.9. The van der Waals surface area contributed by atoms with Crippen LogP contribution in [-0.4, -0.2) is 39.9 Å². The Labute approximate surface area is 149 Å². The highest BCUT2D eigenvalue weighted by molar-refractivity contribution is 5.79. The Morgan fingerprint density at radius 3 is 2.58 bits per heavy atom. The molecular weight excluding hydrogens is 345 g/mol. The molecule has 1 N–H and O–H groups in total. The fraction of sp³-hybridized carbons (Fsp3) is 0.444. The summed E-state index contributed by atoms with van der Waals surface area (Å²) in [5, 5.41) is 6.60. The second kappa shape index (κ2) is 7.49. The van der Waals surface area contributed by atoms with Gasteiger partial charge in [-0.2, -0.15) is 18.3 Å². The van der Waals surface area contributed by atoms with Crippen molar-refractivity contribution in [3.05, 3.63) is 53.9 Å². The maximum Gasteiger partial charge on any atom is 0.393 e. The van der Waals surface area contributed by atoms with Crippen LogP contribution in [0.15, 0.2) is 42.7 Å². The molecule has 1 aliphatic rings. The van der Waals surface area contributed by atoms with E-state index in [1.807, 2.05) is 30.3 Å². The smallest absolute Gasteiger partial charge is 0.352 e. The van der Waals surface area contributed by atoms with Gasteiger partial charge in [-0.05, 0) is 5.56 Å². The summed E-state index contributed by atoms with van der Waals surface area (Å²) in [6.07, 6.45) is -1.10. The van der Waals surface area contributed by atoms with Gasteiger partial charge in [0.15, 0.2) is 0 Å². The number of nitrogens with zero attached hydrogens (tertiary/aromatic N) is 3. The first-order valence-electron chi connectivity index (χ1n) is 8.41. The third-order valence-corrected chi connectivity index (χ3v) is 4.63. The Morgan fingerprint density at radius 1 is 1.23 bits per heavy atom. The number of hydrogen-bond acceptors (Lipinski definition) is 3. The minimum Gasteiger partial charge on any atom is -0.352 e. The van der Waals surface area contributed by atoms with Gasteiger partial charge in [-0.25, -0.2) is 0 Å². The lowest BCUT2D eigenvalue weighted by molar-refractivity contribution is -0.183. The number of halogens is 3. The average Bonchev–Trinajstić information content (AvgIpc) is 3.20. The van der Waals surface area contributed by atoms with Gasteiger partial charge in [-0.1, -0.05) is 30.3 Å². The van der Waals surface area contributed by atoms with Crippen molar-refractivity contribution in [2.75, 3.05) is 13.1 Å². The van der Waals surface area contributed by atoms with Crippen molar-refractivity contribution >= 4 is 5.91 Å². The van der Waals surface area contributed by atoms with E-state index in [0.717, 1.165) is 11.1 Å². The molecule has 0 bridgehead atoms. The van der Waals surface area contributed by atoms with E-state index in [1.165, 1.54) is 0 Å². The van der Waals surface area contributed by atoms with Gasteiger partial charge in [0.2, 0.25) is 5.91 Å². The van der Waals surface area contributed by atoms with E-state index in [1.54, 1.807) is 29.0 Å². The molecule has 5 nitrogen and oxygen atoms in total. The molecule has 140 valence electrons. The van der Waals surface area contributed by atoms with Crippen LogP contribution in [-0.2, 0) is 24.9 Å². The highest BCUT2D eigenvalue weighted by atomic mass is 19.4. The Bertz CT molecular complexity index is 744. The molecule has 1 aliphatic heterocycles. The van der Waals surface area contributed by atoms with Crippen molar-refractivity contribution < 1.29 is 18.0 Å². The predicted octanol–water partition coefficient (Wildman–Crippen LogP) is 2.35. The number of carbonyl (C=O) groups excluding carboxylic acids is 1. The van der Waals surface area contributed by atoms with Crippen LogP contribution < -0.4 is 5.32 Å². The number of carbonyl (C=O) groups is 1. The van der Waals surface area contributed by atoms with Crippen LogP contribution in [0.1, 0.15) is 11.1 Å². The molecule has 3 rings (SSSR count). The van der Waals surface area contributed by atoms with Crippen LogP contribution in [0, 0.1) is 11.8 Å². The van der Waals surface area contributed by atoms with E-state index in [2.05, 4.69) is 10.4 Å². The molecule has 0 spiro atoms. The summed E-state index contributed by atoms with van der Waals surface area (Å²) in [4.78, 5) is 14.1. The largest absolute Gasteiger partial charge is 0.393 e. The molecule has 1 amide bonds. The van der Waals surface area contributed by atoms with Gasteiger partial charge in [0.1, 0.15) is 0 Å². The fourth-order valence-electron chi connectivity index (χ4n) is 3.34. The molecule has 0 aliphatic carbocycles. The van der Waals surface area contributed by atoms with Gasteiger partial charge in [0.25, 0.3) is 0 Å². The quantitative estimate of drug-likeness (QED) is 0.884. The van der Waals surface area contributed by atoms with Crippen LogP contribution >= 0.6 is 0 Å². The third-order valence-electron chi connectivity index (χ3n) is 4.63. The summed E-state index contributed by atoms with van der Waals surface area (Å²) >= 11 is 0. The summed E-state index contributed by atoms with van der Waals surface area (Å²) in [6.45, 7) is 0.507. The monoisotopic (exact) mass is 366 g/mol. The number of amides is 1. The van der Waals surface area contributed by atoms with Gasteiger partial charge in [-0.15, -0.1) is 0 Å². The van der Waals surface area contributed by atoms with E-state index in [9.17, 15) is 18.0 Å². The number of likely N-dealkylation sites (tertiary alicyclic amines) is 1. The maximum absolute atomic E-state index is 13.4. The summed E-state index contributed by atoms with van der Waals surface area (Å²) in [5.41, 5.74) is 1.69. The van der Waals surface area contributed by atoms with E-state index < -0.39 is 23.9 Å². The first-order chi connectivity index (χ1) is 12.3. The molecular formula is C18H21F3N4O. The molecule has 8 heteroatoms. The fourth-order valence-corrected chi connectivity index (χ4v) is 3.34. The Hall–Kier alpha value is -2.35. The van der Waals surface area contributed by atoms with E-state index in [4.69, 9.17) is 0 Å². The molecule has 1 saturated heterocycles. The zero-order valence-electron chi connectivity index (χ0n) is 14.4.